The normalized spacial score (nSPS) is 9.59. The van der Waals surface area contributed by atoms with Gasteiger partial charge < -0.3 is 14.4 Å². The fourth-order valence-electron chi connectivity index (χ4n) is 1.78. The smallest absolute Gasteiger partial charge is 0.148 e. The van der Waals surface area contributed by atoms with Crippen molar-refractivity contribution in [3.8, 4) is 17.6 Å². The molecule has 0 spiro atoms. The van der Waals surface area contributed by atoms with Crippen molar-refractivity contribution in [2.45, 2.75) is 13.3 Å². The van der Waals surface area contributed by atoms with Crippen molar-refractivity contribution in [1.29, 1.82) is 5.26 Å². The minimum absolute atomic E-state index is 0.491. The van der Waals surface area contributed by atoms with Gasteiger partial charge in [-0.1, -0.05) is 0 Å². The van der Waals surface area contributed by atoms with Crippen molar-refractivity contribution in [1.82, 2.24) is 0 Å². The Balaban J connectivity index is 3.08. The number of anilines is 1. The zero-order valence-corrected chi connectivity index (χ0v) is 10.8. The summed E-state index contributed by atoms with van der Waals surface area (Å²) in [6.07, 6.45) is 0.491. The van der Waals surface area contributed by atoms with Gasteiger partial charge in [-0.2, -0.15) is 5.26 Å². The lowest BCUT2D eigenvalue weighted by molar-refractivity contribution is 0.389. The molecule has 1 rings (SSSR count). The highest BCUT2D eigenvalue weighted by molar-refractivity contribution is 5.65. The van der Waals surface area contributed by atoms with Gasteiger partial charge in [0.15, 0.2) is 0 Å². The van der Waals surface area contributed by atoms with E-state index in [0.29, 0.717) is 13.0 Å². The SMILES string of the molecule is COc1ccc(N(C)CCC#N)c(OC)c1C. The number of benzene rings is 1. The highest BCUT2D eigenvalue weighted by Crippen LogP contribution is 2.36. The molecule has 1 aromatic rings. The maximum Gasteiger partial charge on any atom is 0.148 e. The highest BCUT2D eigenvalue weighted by Gasteiger charge is 2.13. The second-order valence-corrected chi connectivity index (χ2v) is 3.77. The molecule has 0 fully saturated rings. The largest absolute Gasteiger partial charge is 0.496 e. The fourth-order valence-corrected chi connectivity index (χ4v) is 1.78. The van der Waals surface area contributed by atoms with Gasteiger partial charge >= 0.3 is 0 Å². The van der Waals surface area contributed by atoms with Crippen molar-refractivity contribution in [3.05, 3.63) is 17.7 Å². The maximum atomic E-state index is 8.60. The summed E-state index contributed by atoms with van der Waals surface area (Å²) in [7, 11) is 5.23. The van der Waals surface area contributed by atoms with Gasteiger partial charge in [-0.05, 0) is 19.1 Å². The summed E-state index contributed by atoms with van der Waals surface area (Å²) in [5, 5.41) is 8.60. The van der Waals surface area contributed by atoms with E-state index < -0.39 is 0 Å². The van der Waals surface area contributed by atoms with Gasteiger partial charge in [0, 0.05) is 19.2 Å². The van der Waals surface area contributed by atoms with Crippen LogP contribution in [0.5, 0.6) is 11.5 Å². The lowest BCUT2D eigenvalue weighted by Gasteiger charge is -2.22. The van der Waals surface area contributed by atoms with Gasteiger partial charge in [0.2, 0.25) is 0 Å². The topological polar surface area (TPSA) is 45.5 Å². The average Bonchev–Trinajstić information content (AvgIpc) is 2.35. The van der Waals surface area contributed by atoms with Crippen LogP contribution < -0.4 is 14.4 Å². The summed E-state index contributed by atoms with van der Waals surface area (Å²) in [5.74, 6) is 1.60. The molecule has 0 heterocycles. The quantitative estimate of drug-likeness (QED) is 0.784. The molecule has 17 heavy (non-hydrogen) atoms. The monoisotopic (exact) mass is 234 g/mol. The third kappa shape index (κ3) is 2.82. The Morgan fingerprint density at radius 3 is 2.53 bits per heavy atom. The predicted molar refractivity (Wildman–Crippen MR) is 67.8 cm³/mol. The van der Waals surface area contributed by atoms with Gasteiger partial charge in [0.1, 0.15) is 11.5 Å². The minimum Gasteiger partial charge on any atom is -0.496 e. The van der Waals surface area contributed by atoms with E-state index >= 15 is 0 Å². The van der Waals surface area contributed by atoms with Gasteiger partial charge in [0.25, 0.3) is 0 Å². The summed E-state index contributed by atoms with van der Waals surface area (Å²) in [4.78, 5) is 2.01. The molecule has 0 aliphatic rings. The molecule has 0 saturated carbocycles. The van der Waals surface area contributed by atoms with Crippen LogP contribution in [0.3, 0.4) is 0 Å². The standard InChI is InChI=1S/C13H18N2O2/c1-10-12(16-3)7-6-11(13(10)17-4)15(2)9-5-8-14/h6-7H,5,9H2,1-4H3. The Bertz CT molecular complexity index is 424. The molecule has 0 aliphatic carbocycles. The average molecular weight is 234 g/mol. The number of nitriles is 1. The third-order valence-corrected chi connectivity index (χ3v) is 2.73. The molecule has 0 saturated heterocycles. The van der Waals surface area contributed by atoms with Crippen LogP contribution >= 0.6 is 0 Å². The molecule has 92 valence electrons. The van der Waals surface area contributed by atoms with Crippen LogP contribution in [-0.2, 0) is 0 Å². The molecule has 0 bridgehead atoms. The molecular weight excluding hydrogens is 216 g/mol. The van der Waals surface area contributed by atoms with Crippen LogP contribution in [0.1, 0.15) is 12.0 Å². The highest BCUT2D eigenvalue weighted by atomic mass is 16.5. The lowest BCUT2D eigenvalue weighted by atomic mass is 10.1. The molecule has 0 N–H and O–H groups in total. The van der Waals surface area contributed by atoms with Crippen molar-refractivity contribution in [2.75, 3.05) is 32.7 Å². The van der Waals surface area contributed by atoms with E-state index in [9.17, 15) is 0 Å². The molecule has 4 heteroatoms. The zero-order chi connectivity index (χ0) is 12.8. The Labute approximate surface area is 102 Å². The number of ether oxygens (including phenoxy) is 2. The summed E-state index contributed by atoms with van der Waals surface area (Å²) in [5.41, 5.74) is 1.94. The van der Waals surface area contributed by atoms with E-state index in [0.717, 1.165) is 22.7 Å². The summed E-state index contributed by atoms with van der Waals surface area (Å²) in [6.45, 7) is 2.64. The second-order valence-electron chi connectivity index (χ2n) is 3.77. The third-order valence-electron chi connectivity index (χ3n) is 2.73. The molecule has 4 nitrogen and oxygen atoms in total. The Kier molecular flexibility index (Phi) is 4.65. The van der Waals surface area contributed by atoms with E-state index in [1.54, 1.807) is 14.2 Å². The van der Waals surface area contributed by atoms with Crippen molar-refractivity contribution < 1.29 is 9.47 Å². The predicted octanol–water partition coefficient (Wildman–Crippen LogP) is 2.36. The van der Waals surface area contributed by atoms with E-state index in [4.69, 9.17) is 14.7 Å². The number of nitrogens with zero attached hydrogens (tertiary/aromatic N) is 2. The molecule has 0 radical (unpaired) electrons. The van der Waals surface area contributed by atoms with E-state index in [2.05, 4.69) is 6.07 Å². The fraction of sp³-hybridized carbons (Fsp3) is 0.462. The van der Waals surface area contributed by atoms with Crippen LogP contribution in [0.2, 0.25) is 0 Å². The maximum absolute atomic E-state index is 8.60. The van der Waals surface area contributed by atoms with E-state index in [1.807, 2.05) is 31.0 Å². The first-order valence-electron chi connectivity index (χ1n) is 5.45. The number of methoxy groups -OCH3 is 2. The first kappa shape index (κ1) is 13.2. The minimum atomic E-state index is 0.491. The van der Waals surface area contributed by atoms with Crippen molar-refractivity contribution >= 4 is 5.69 Å². The van der Waals surface area contributed by atoms with Crippen molar-refractivity contribution in [2.24, 2.45) is 0 Å². The second kappa shape index (κ2) is 6.00. The lowest BCUT2D eigenvalue weighted by Crippen LogP contribution is -2.19. The molecular formula is C13H18N2O2. The van der Waals surface area contributed by atoms with E-state index in [1.165, 1.54) is 0 Å². The molecule has 0 aromatic heterocycles. The molecule has 0 atom stereocenters. The summed E-state index contributed by atoms with van der Waals surface area (Å²) < 4.78 is 10.7. The molecule has 0 amide bonds. The van der Waals surface area contributed by atoms with Crippen LogP contribution in [0.4, 0.5) is 5.69 Å². The van der Waals surface area contributed by atoms with Crippen LogP contribution in [0, 0.1) is 18.3 Å². The number of rotatable bonds is 5. The zero-order valence-electron chi connectivity index (χ0n) is 10.8. The first-order chi connectivity index (χ1) is 8.15. The van der Waals surface area contributed by atoms with Gasteiger partial charge in [0.05, 0.1) is 32.4 Å². The Hall–Kier alpha value is -1.89. The Morgan fingerprint density at radius 1 is 1.29 bits per heavy atom. The van der Waals surface area contributed by atoms with Crippen LogP contribution in [0.25, 0.3) is 0 Å². The van der Waals surface area contributed by atoms with Gasteiger partial charge in [-0.3, -0.25) is 0 Å². The van der Waals surface area contributed by atoms with Gasteiger partial charge in [-0.15, -0.1) is 0 Å². The molecule has 0 aliphatic heterocycles. The Morgan fingerprint density at radius 2 is 2.00 bits per heavy atom. The number of hydrogen-bond donors (Lipinski definition) is 0. The van der Waals surface area contributed by atoms with E-state index in [-0.39, 0.29) is 0 Å². The van der Waals surface area contributed by atoms with Crippen LogP contribution in [-0.4, -0.2) is 27.8 Å². The summed E-state index contributed by atoms with van der Waals surface area (Å²) in [6, 6.07) is 6.00. The summed E-state index contributed by atoms with van der Waals surface area (Å²) >= 11 is 0. The molecule has 0 unspecified atom stereocenters. The van der Waals surface area contributed by atoms with Crippen LogP contribution in [0.15, 0.2) is 12.1 Å². The number of hydrogen-bond acceptors (Lipinski definition) is 4. The first-order valence-corrected chi connectivity index (χ1v) is 5.45. The molecule has 1 aromatic carbocycles. The van der Waals surface area contributed by atoms with Crippen molar-refractivity contribution in [3.63, 3.8) is 0 Å². The van der Waals surface area contributed by atoms with Gasteiger partial charge in [-0.25, -0.2) is 0 Å².